The van der Waals surface area contributed by atoms with Crippen LogP contribution in [0.2, 0.25) is 0 Å². The standard InChI is InChI=1S/C19H22FNO2/c1-12(2)16-7-5-13(3)9-18(16)23-11-19(22)21-17-8-6-15(20)10-14(17)4/h5-10,12H,11H2,1-4H3,(H,21,22). The Balaban J connectivity index is 2.03. The summed E-state index contributed by atoms with van der Waals surface area (Å²) in [6.07, 6.45) is 0. The van der Waals surface area contributed by atoms with E-state index in [9.17, 15) is 9.18 Å². The van der Waals surface area contributed by atoms with Crippen molar-refractivity contribution in [3.8, 4) is 5.75 Å². The van der Waals surface area contributed by atoms with Gasteiger partial charge in [0.05, 0.1) is 0 Å². The van der Waals surface area contributed by atoms with Crippen molar-refractivity contribution in [3.05, 3.63) is 58.9 Å². The number of anilines is 1. The van der Waals surface area contributed by atoms with E-state index in [0.717, 1.165) is 16.9 Å². The molecular weight excluding hydrogens is 293 g/mol. The van der Waals surface area contributed by atoms with Crippen LogP contribution in [0.3, 0.4) is 0 Å². The Morgan fingerprint density at radius 3 is 2.57 bits per heavy atom. The molecule has 0 fully saturated rings. The zero-order valence-electron chi connectivity index (χ0n) is 13.9. The zero-order valence-corrected chi connectivity index (χ0v) is 13.9. The summed E-state index contributed by atoms with van der Waals surface area (Å²) >= 11 is 0. The molecule has 0 unspecified atom stereocenters. The van der Waals surface area contributed by atoms with Gasteiger partial charge in [-0.3, -0.25) is 4.79 Å². The maximum atomic E-state index is 13.1. The maximum Gasteiger partial charge on any atom is 0.262 e. The number of rotatable bonds is 5. The highest BCUT2D eigenvalue weighted by molar-refractivity contribution is 5.92. The molecule has 23 heavy (non-hydrogen) atoms. The predicted octanol–water partition coefficient (Wildman–Crippen LogP) is 4.58. The number of ether oxygens (including phenoxy) is 1. The van der Waals surface area contributed by atoms with E-state index in [2.05, 4.69) is 19.2 Å². The monoisotopic (exact) mass is 315 g/mol. The first-order valence-corrected chi connectivity index (χ1v) is 7.66. The van der Waals surface area contributed by atoms with E-state index >= 15 is 0 Å². The first-order chi connectivity index (χ1) is 10.9. The van der Waals surface area contributed by atoms with E-state index in [-0.39, 0.29) is 18.3 Å². The number of hydrogen-bond donors (Lipinski definition) is 1. The number of amides is 1. The van der Waals surface area contributed by atoms with Gasteiger partial charge in [-0.05, 0) is 60.7 Å². The molecule has 2 rings (SSSR count). The van der Waals surface area contributed by atoms with Gasteiger partial charge in [-0.2, -0.15) is 0 Å². The molecule has 1 N–H and O–H groups in total. The summed E-state index contributed by atoms with van der Waals surface area (Å²) in [5.41, 5.74) is 3.42. The largest absolute Gasteiger partial charge is 0.483 e. The molecular formula is C19H22FNO2. The Kier molecular flexibility index (Phi) is 5.37. The van der Waals surface area contributed by atoms with E-state index in [4.69, 9.17) is 4.74 Å². The molecule has 0 saturated heterocycles. The van der Waals surface area contributed by atoms with E-state index in [1.54, 1.807) is 13.0 Å². The van der Waals surface area contributed by atoms with Gasteiger partial charge in [-0.25, -0.2) is 4.39 Å². The second kappa shape index (κ2) is 7.27. The lowest BCUT2D eigenvalue weighted by Crippen LogP contribution is -2.21. The van der Waals surface area contributed by atoms with Crippen LogP contribution in [-0.2, 0) is 4.79 Å². The van der Waals surface area contributed by atoms with Gasteiger partial charge in [0, 0.05) is 5.69 Å². The van der Waals surface area contributed by atoms with Gasteiger partial charge in [0.1, 0.15) is 11.6 Å². The van der Waals surface area contributed by atoms with Gasteiger partial charge in [0.25, 0.3) is 5.91 Å². The average Bonchev–Trinajstić information content (AvgIpc) is 2.48. The molecule has 0 aromatic heterocycles. The van der Waals surface area contributed by atoms with Crippen LogP contribution in [0.1, 0.15) is 36.5 Å². The van der Waals surface area contributed by atoms with Gasteiger partial charge < -0.3 is 10.1 Å². The SMILES string of the molecule is Cc1ccc(C(C)C)c(OCC(=O)Nc2ccc(F)cc2C)c1. The van der Waals surface area contributed by atoms with Crippen LogP contribution in [-0.4, -0.2) is 12.5 Å². The van der Waals surface area contributed by atoms with Crippen LogP contribution < -0.4 is 10.1 Å². The summed E-state index contributed by atoms with van der Waals surface area (Å²) in [4.78, 5) is 12.1. The van der Waals surface area contributed by atoms with Crippen molar-refractivity contribution in [2.45, 2.75) is 33.6 Å². The second-order valence-electron chi connectivity index (χ2n) is 5.99. The fourth-order valence-electron chi connectivity index (χ4n) is 2.34. The number of nitrogens with one attached hydrogen (secondary N) is 1. The molecule has 0 spiro atoms. The maximum absolute atomic E-state index is 13.1. The lowest BCUT2D eigenvalue weighted by molar-refractivity contribution is -0.118. The van der Waals surface area contributed by atoms with E-state index in [1.165, 1.54) is 12.1 Å². The van der Waals surface area contributed by atoms with Crippen LogP contribution in [0.25, 0.3) is 0 Å². The third kappa shape index (κ3) is 4.55. The summed E-state index contributed by atoms with van der Waals surface area (Å²) in [5, 5.41) is 2.74. The van der Waals surface area contributed by atoms with Crippen molar-refractivity contribution >= 4 is 11.6 Å². The summed E-state index contributed by atoms with van der Waals surface area (Å²) in [5.74, 6) is 0.452. The Morgan fingerprint density at radius 2 is 1.91 bits per heavy atom. The highest BCUT2D eigenvalue weighted by Gasteiger charge is 2.11. The highest BCUT2D eigenvalue weighted by atomic mass is 19.1. The molecule has 0 aliphatic rings. The molecule has 1 amide bonds. The Bertz CT molecular complexity index is 711. The molecule has 2 aromatic rings. The number of benzene rings is 2. The smallest absolute Gasteiger partial charge is 0.262 e. The van der Waals surface area contributed by atoms with Gasteiger partial charge >= 0.3 is 0 Å². The highest BCUT2D eigenvalue weighted by Crippen LogP contribution is 2.27. The van der Waals surface area contributed by atoms with Crippen LogP contribution >= 0.6 is 0 Å². The number of aryl methyl sites for hydroxylation is 2. The summed E-state index contributed by atoms with van der Waals surface area (Å²) < 4.78 is 18.8. The van der Waals surface area contributed by atoms with Crippen LogP contribution in [0.15, 0.2) is 36.4 Å². The van der Waals surface area contributed by atoms with Gasteiger partial charge in [0.2, 0.25) is 0 Å². The molecule has 3 nitrogen and oxygen atoms in total. The van der Waals surface area contributed by atoms with Gasteiger partial charge in [0.15, 0.2) is 6.61 Å². The Morgan fingerprint density at radius 1 is 1.17 bits per heavy atom. The molecule has 2 aromatic carbocycles. The predicted molar refractivity (Wildman–Crippen MR) is 90.5 cm³/mol. The van der Waals surface area contributed by atoms with Crippen LogP contribution in [0.5, 0.6) is 5.75 Å². The number of carbonyl (C=O) groups excluding carboxylic acids is 1. The molecule has 0 saturated carbocycles. The van der Waals surface area contributed by atoms with Crippen molar-refractivity contribution in [2.75, 3.05) is 11.9 Å². The Hall–Kier alpha value is -2.36. The third-order valence-electron chi connectivity index (χ3n) is 3.61. The normalized spacial score (nSPS) is 10.7. The van der Waals surface area contributed by atoms with Crippen molar-refractivity contribution in [1.82, 2.24) is 0 Å². The van der Waals surface area contributed by atoms with Crippen molar-refractivity contribution in [3.63, 3.8) is 0 Å². The quantitative estimate of drug-likeness (QED) is 0.877. The first-order valence-electron chi connectivity index (χ1n) is 7.66. The zero-order chi connectivity index (χ0) is 17.0. The molecule has 0 aliphatic carbocycles. The van der Waals surface area contributed by atoms with Gasteiger partial charge in [-0.1, -0.05) is 26.0 Å². The minimum Gasteiger partial charge on any atom is -0.483 e. The molecule has 0 radical (unpaired) electrons. The fraction of sp³-hybridized carbons (Fsp3) is 0.316. The van der Waals surface area contributed by atoms with E-state index in [0.29, 0.717) is 17.2 Å². The topological polar surface area (TPSA) is 38.3 Å². The minimum absolute atomic E-state index is 0.0833. The van der Waals surface area contributed by atoms with Gasteiger partial charge in [-0.15, -0.1) is 0 Å². The second-order valence-corrected chi connectivity index (χ2v) is 5.99. The molecule has 0 bridgehead atoms. The van der Waals surface area contributed by atoms with Crippen molar-refractivity contribution in [2.24, 2.45) is 0 Å². The molecule has 0 heterocycles. The van der Waals surface area contributed by atoms with E-state index in [1.807, 2.05) is 25.1 Å². The first kappa shape index (κ1) is 17.0. The van der Waals surface area contributed by atoms with Crippen molar-refractivity contribution in [1.29, 1.82) is 0 Å². The van der Waals surface area contributed by atoms with Crippen LogP contribution in [0, 0.1) is 19.7 Å². The third-order valence-corrected chi connectivity index (χ3v) is 3.61. The molecule has 4 heteroatoms. The average molecular weight is 315 g/mol. The minimum atomic E-state index is -0.321. The summed E-state index contributed by atoms with van der Waals surface area (Å²) in [6.45, 7) is 7.81. The number of carbonyl (C=O) groups is 1. The molecule has 122 valence electrons. The molecule has 0 aliphatic heterocycles. The summed E-state index contributed by atoms with van der Waals surface area (Å²) in [6, 6.07) is 10.2. The Labute approximate surface area is 136 Å². The lowest BCUT2D eigenvalue weighted by atomic mass is 10.0. The van der Waals surface area contributed by atoms with Crippen molar-refractivity contribution < 1.29 is 13.9 Å². The summed E-state index contributed by atoms with van der Waals surface area (Å²) in [7, 11) is 0. The fourth-order valence-corrected chi connectivity index (χ4v) is 2.34. The lowest BCUT2D eigenvalue weighted by Gasteiger charge is -2.15. The van der Waals surface area contributed by atoms with Crippen LogP contribution in [0.4, 0.5) is 10.1 Å². The number of halogens is 1. The molecule has 0 atom stereocenters. The number of hydrogen-bond acceptors (Lipinski definition) is 2. The van der Waals surface area contributed by atoms with E-state index < -0.39 is 0 Å².